The average Bonchev–Trinajstić information content (AvgIpc) is 2.55. The van der Waals surface area contributed by atoms with E-state index in [9.17, 15) is 14.4 Å². The topological polar surface area (TPSA) is 96.1 Å². The van der Waals surface area contributed by atoms with Crippen LogP contribution in [0.25, 0.3) is 0 Å². The highest BCUT2D eigenvalue weighted by Gasteiger charge is 2.18. The number of hydrogen-bond donors (Lipinski definition) is 1. The van der Waals surface area contributed by atoms with Gasteiger partial charge >= 0.3 is 5.97 Å². The first-order chi connectivity index (χ1) is 11.0. The lowest BCUT2D eigenvalue weighted by molar-refractivity contribution is 0.0696. The summed E-state index contributed by atoms with van der Waals surface area (Å²) in [6.07, 6.45) is 1.16. The zero-order chi connectivity index (χ0) is 17.0. The lowest BCUT2D eigenvalue weighted by Crippen LogP contribution is -2.06. The molecule has 0 atom stereocenters. The molecule has 2 aromatic rings. The van der Waals surface area contributed by atoms with Crippen LogP contribution in [0.5, 0.6) is 11.6 Å². The number of aromatic carboxylic acids is 1. The summed E-state index contributed by atoms with van der Waals surface area (Å²) in [5.41, 5.74) is 1.42. The summed E-state index contributed by atoms with van der Waals surface area (Å²) in [6.45, 7) is 3.76. The smallest absolute Gasteiger partial charge is 0.335 e. The van der Waals surface area contributed by atoms with Gasteiger partial charge in [-0.15, -0.1) is 5.10 Å². The summed E-state index contributed by atoms with van der Waals surface area (Å²) >= 11 is 0. The second kappa shape index (κ2) is 6.83. The van der Waals surface area contributed by atoms with Crippen molar-refractivity contribution in [3.63, 3.8) is 0 Å². The van der Waals surface area contributed by atoms with E-state index >= 15 is 0 Å². The molecule has 1 aromatic carbocycles. The molecule has 0 saturated carbocycles. The van der Waals surface area contributed by atoms with E-state index in [-0.39, 0.29) is 22.8 Å². The van der Waals surface area contributed by atoms with Crippen LogP contribution < -0.4 is 4.74 Å². The van der Waals surface area contributed by atoms with Gasteiger partial charge in [0, 0.05) is 0 Å². The fraction of sp³-hybridized carbons (Fsp3) is 0.250. The van der Waals surface area contributed by atoms with E-state index in [1.807, 2.05) is 19.9 Å². The molecule has 0 aliphatic carbocycles. The minimum absolute atomic E-state index is 0.131. The number of hydrogen-bond acceptors (Lipinski definition) is 5. The van der Waals surface area contributed by atoms with Crippen molar-refractivity contribution in [2.45, 2.75) is 26.7 Å². The Hall–Kier alpha value is -3.01. The quantitative estimate of drug-likeness (QED) is 0.910. The number of aryl methyl sites for hydroxylation is 1. The van der Waals surface area contributed by atoms with E-state index in [1.165, 1.54) is 0 Å². The van der Waals surface area contributed by atoms with Crippen molar-refractivity contribution < 1.29 is 19.0 Å². The van der Waals surface area contributed by atoms with Gasteiger partial charge in [0.2, 0.25) is 0 Å². The van der Waals surface area contributed by atoms with Crippen molar-refractivity contribution in [1.29, 1.82) is 5.26 Å². The Morgan fingerprint density at radius 2 is 2.09 bits per heavy atom. The minimum atomic E-state index is -1.21. The van der Waals surface area contributed by atoms with Crippen LogP contribution in [0.4, 0.5) is 4.39 Å². The first-order valence-corrected chi connectivity index (χ1v) is 7.01. The average molecular weight is 315 g/mol. The molecule has 0 saturated heterocycles. The Morgan fingerprint density at radius 3 is 2.65 bits per heavy atom. The second-order valence-electron chi connectivity index (χ2n) is 4.68. The van der Waals surface area contributed by atoms with Gasteiger partial charge in [-0.3, -0.25) is 0 Å². The summed E-state index contributed by atoms with van der Waals surface area (Å²) < 4.78 is 19.2. The fourth-order valence-electron chi connectivity index (χ4n) is 2.16. The van der Waals surface area contributed by atoms with Crippen molar-refractivity contribution in [1.82, 2.24) is 10.2 Å². The number of ether oxygens (including phenoxy) is 1. The third kappa shape index (κ3) is 3.26. The number of nitrogens with zero attached hydrogens (tertiary/aromatic N) is 3. The molecule has 2 rings (SSSR count). The van der Waals surface area contributed by atoms with Gasteiger partial charge in [0.05, 0.1) is 11.3 Å². The molecular weight excluding hydrogens is 301 g/mol. The maximum Gasteiger partial charge on any atom is 0.335 e. The number of carboxylic acids is 1. The first kappa shape index (κ1) is 16.4. The van der Waals surface area contributed by atoms with E-state index in [0.717, 1.165) is 18.2 Å². The summed E-state index contributed by atoms with van der Waals surface area (Å²) in [4.78, 5) is 11.0. The van der Waals surface area contributed by atoms with Gasteiger partial charge in [-0.2, -0.15) is 10.4 Å². The van der Waals surface area contributed by atoms with E-state index in [1.54, 1.807) is 0 Å². The van der Waals surface area contributed by atoms with Gasteiger partial charge in [-0.25, -0.2) is 9.18 Å². The fourth-order valence-corrected chi connectivity index (χ4v) is 2.16. The Labute approximate surface area is 132 Å². The standard InChI is InChI=1S/C16H14FN3O3/c1-3-10-11(8-18)15(20-19-13(10)4-2)23-14-7-9(16(21)22)5-6-12(14)17/h5-7H,3-4H2,1-2H3,(H,21,22). The lowest BCUT2D eigenvalue weighted by atomic mass is 10.0. The van der Waals surface area contributed by atoms with Crippen molar-refractivity contribution >= 4 is 5.97 Å². The van der Waals surface area contributed by atoms with Crippen LogP contribution in [0.3, 0.4) is 0 Å². The molecule has 0 aliphatic heterocycles. The Kier molecular flexibility index (Phi) is 4.86. The molecule has 0 bridgehead atoms. The molecule has 118 valence electrons. The zero-order valence-corrected chi connectivity index (χ0v) is 12.6. The normalized spacial score (nSPS) is 10.2. The molecule has 0 amide bonds. The van der Waals surface area contributed by atoms with Crippen LogP contribution in [-0.4, -0.2) is 21.3 Å². The highest BCUT2D eigenvalue weighted by atomic mass is 19.1. The number of benzene rings is 1. The van der Waals surface area contributed by atoms with Crippen LogP contribution in [0.15, 0.2) is 18.2 Å². The van der Waals surface area contributed by atoms with E-state index in [2.05, 4.69) is 10.2 Å². The minimum Gasteiger partial charge on any atom is -0.478 e. The largest absolute Gasteiger partial charge is 0.478 e. The van der Waals surface area contributed by atoms with Crippen LogP contribution in [-0.2, 0) is 12.8 Å². The van der Waals surface area contributed by atoms with Gasteiger partial charge in [0.1, 0.15) is 11.6 Å². The molecular formula is C16H14FN3O3. The molecule has 1 aromatic heterocycles. The molecule has 0 radical (unpaired) electrons. The van der Waals surface area contributed by atoms with Crippen LogP contribution in [0, 0.1) is 17.1 Å². The molecule has 1 heterocycles. The SMILES string of the molecule is CCc1nnc(Oc2cc(C(=O)O)ccc2F)c(C#N)c1CC. The number of carboxylic acid groups (broad SMARTS) is 1. The summed E-state index contributed by atoms with van der Waals surface area (Å²) in [7, 11) is 0. The van der Waals surface area contributed by atoms with Gasteiger partial charge in [0.25, 0.3) is 5.88 Å². The van der Waals surface area contributed by atoms with Gasteiger partial charge < -0.3 is 9.84 Å². The van der Waals surface area contributed by atoms with E-state index < -0.39 is 11.8 Å². The first-order valence-electron chi connectivity index (χ1n) is 7.01. The van der Waals surface area contributed by atoms with Crippen molar-refractivity contribution in [2.24, 2.45) is 0 Å². The molecule has 1 N–H and O–H groups in total. The van der Waals surface area contributed by atoms with Gasteiger partial charge in [-0.05, 0) is 36.6 Å². The number of carbonyl (C=O) groups is 1. The predicted molar refractivity (Wildman–Crippen MR) is 78.9 cm³/mol. The highest BCUT2D eigenvalue weighted by molar-refractivity contribution is 5.88. The van der Waals surface area contributed by atoms with Gasteiger partial charge in [0.15, 0.2) is 11.6 Å². The number of nitriles is 1. The summed E-state index contributed by atoms with van der Waals surface area (Å²) in [5, 5.41) is 26.1. The zero-order valence-electron chi connectivity index (χ0n) is 12.6. The number of rotatable bonds is 5. The predicted octanol–water partition coefficient (Wildman–Crippen LogP) is 3.10. The molecule has 0 aliphatic rings. The van der Waals surface area contributed by atoms with Crippen molar-refractivity contribution in [3.8, 4) is 17.7 Å². The van der Waals surface area contributed by atoms with Crippen LogP contribution in [0.1, 0.15) is 41.0 Å². The van der Waals surface area contributed by atoms with Crippen LogP contribution in [0.2, 0.25) is 0 Å². The highest BCUT2D eigenvalue weighted by Crippen LogP contribution is 2.29. The maximum absolute atomic E-state index is 13.8. The van der Waals surface area contributed by atoms with Crippen molar-refractivity contribution in [2.75, 3.05) is 0 Å². The molecule has 23 heavy (non-hydrogen) atoms. The molecule has 0 fully saturated rings. The van der Waals surface area contributed by atoms with E-state index in [4.69, 9.17) is 9.84 Å². The molecule has 0 spiro atoms. The Balaban J connectivity index is 2.51. The Bertz CT molecular complexity index is 800. The van der Waals surface area contributed by atoms with Gasteiger partial charge in [-0.1, -0.05) is 13.8 Å². The molecule has 7 heteroatoms. The third-order valence-corrected chi connectivity index (χ3v) is 3.31. The number of halogens is 1. The van der Waals surface area contributed by atoms with Crippen molar-refractivity contribution in [3.05, 3.63) is 46.4 Å². The van der Waals surface area contributed by atoms with Crippen LogP contribution >= 0.6 is 0 Å². The van der Waals surface area contributed by atoms with E-state index in [0.29, 0.717) is 24.1 Å². The third-order valence-electron chi connectivity index (χ3n) is 3.31. The number of aromatic nitrogens is 2. The lowest BCUT2D eigenvalue weighted by Gasteiger charge is -2.11. The summed E-state index contributed by atoms with van der Waals surface area (Å²) in [5.74, 6) is -2.42. The molecule has 6 nitrogen and oxygen atoms in total. The summed E-state index contributed by atoms with van der Waals surface area (Å²) in [6, 6.07) is 5.15. The Morgan fingerprint density at radius 1 is 1.35 bits per heavy atom. The maximum atomic E-state index is 13.8. The second-order valence-corrected chi connectivity index (χ2v) is 4.68. The molecule has 0 unspecified atom stereocenters. The monoisotopic (exact) mass is 315 g/mol.